The number of ether oxygens (including phenoxy) is 2. The van der Waals surface area contributed by atoms with E-state index in [2.05, 4.69) is 6.92 Å². The molecule has 1 unspecified atom stereocenters. The molecule has 4 aliphatic carbocycles. The van der Waals surface area contributed by atoms with Crippen molar-refractivity contribution < 1.29 is 34.7 Å². The Bertz CT molecular complexity index is 735. The Morgan fingerprint density at radius 3 is 2.61 bits per heavy atom. The smallest absolute Gasteiger partial charge is 0.186 e. The summed E-state index contributed by atoms with van der Waals surface area (Å²) in [5, 5.41) is 40.0. The van der Waals surface area contributed by atoms with Gasteiger partial charge in [0.2, 0.25) is 0 Å². The van der Waals surface area contributed by atoms with Gasteiger partial charge in [0.1, 0.15) is 24.4 Å². The van der Waals surface area contributed by atoms with E-state index in [1.165, 1.54) is 5.57 Å². The number of ketones is 1. The maximum Gasteiger partial charge on any atom is 0.186 e. The second-order valence-corrected chi connectivity index (χ2v) is 10.7. The molecular weight excluding hydrogens is 400 g/mol. The minimum atomic E-state index is -1.41. The van der Waals surface area contributed by atoms with Crippen LogP contribution < -0.4 is 0 Å². The van der Waals surface area contributed by atoms with Gasteiger partial charge in [-0.2, -0.15) is 0 Å². The third kappa shape index (κ3) is 3.52. The van der Waals surface area contributed by atoms with Crippen LogP contribution in [-0.4, -0.2) is 69.6 Å². The molecule has 4 N–H and O–H groups in total. The zero-order valence-electron chi connectivity index (χ0n) is 18.2. The van der Waals surface area contributed by atoms with E-state index < -0.39 is 37.3 Å². The highest BCUT2D eigenvalue weighted by molar-refractivity contribution is 5.91. The molecule has 0 aromatic carbocycles. The Hall–Kier alpha value is -0.830. The minimum Gasteiger partial charge on any atom is -0.394 e. The number of aliphatic hydroxyl groups excluding tert-OH is 4. The van der Waals surface area contributed by atoms with Crippen molar-refractivity contribution >= 4 is 5.78 Å². The summed E-state index contributed by atoms with van der Waals surface area (Å²) in [7, 11) is 0. The summed E-state index contributed by atoms with van der Waals surface area (Å²) in [4.78, 5) is 11.9. The molecule has 0 amide bonds. The van der Waals surface area contributed by atoms with Gasteiger partial charge in [-0.15, -0.1) is 0 Å². The van der Waals surface area contributed by atoms with Crippen molar-refractivity contribution in [3.63, 3.8) is 0 Å². The van der Waals surface area contributed by atoms with Gasteiger partial charge in [-0.1, -0.05) is 12.5 Å². The molecule has 1 aliphatic heterocycles. The Labute approximate surface area is 183 Å². The van der Waals surface area contributed by atoms with Crippen LogP contribution in [-0.2, 0) is 14.3 Å². The molecule has 7 nitrogen and oxygen atoms in total. The van der Waals surface area contributed by atoms with Crippen molar-refractivity contribution in [2.75, 3.05) is 6.61 Å². The van der Waals surface area contributed by atoms with Crippen LogP contribution in [0.4, 0.5) is 0 Å². The topological polar surface area (TPSA) is 116 Å². The Morgan fingerprint density at radius 1 is 1.03 bits per heavy atom. The maximum absolute atomic E-state index is 11.9. The molecule has 5 rings (SSSR count). The number of hydrogen-bond acceptors (Lipinski definition) is 7. The van der Waals surface area contributed by atoms with Crippen molar-refractivity contribution in [2.45, 2.75) is 95.1 Å². The predicted molar refractivity (Wildman–Crippen MR) is 111 cm³/mol. The second-order valence-electron chi connectivity index (χ2n) is 10.7. The summed E-state index contributed by atoms with van der Waals surface area (Å²) >= 11 is 0. The van der Waals surface area contributed by atoms with Crippen molar-refractivity contribution in [3.8, 4) is 0 Å². The third-order valence-corrected chi connectivity index (χ3v) is 9.36. The van der Waals surface area contributed by atoms with E-state index in [9.17, 15) is 25.2 Å². The first-order valence-corrected chi connectivity index (χ1v) is 12.0. The number of carbonyl (C=O) groups excluding carboxylic acids is 1. The molecule has 31 heavy (non-hydrogen) atoms. The molecule has 0 spiro atoms. The predicted octanol–water partition coefficient (Wildman–Crippen LogP) is 1.31. The largest absolute Gasteiger partial charge is 0.394 e. The molecule has 0 radical (unpaired) electrons. The molecular formula is C24H36O7. The number of rotatable bonds is 3. The lowest BCUT2D eigenvalue weighted by Crippen LogP contribution is -2.60. The fourth-order valence-corrected chi connectivity index (χ4v) is 7.70. The molecule has 4 fully saturated rings. The molecule has 1 saturated heterocycles. The molecule has 3 saturated carbocycles. The van der Waals surface area contributed by atoms with E-state index in [1.807, 2.05) is 6.08 Å². The summed E-state index contributed by atoms with van der Waals surface area (Å²) in [5.74, 6) is 2.68. The quantitative estimate of drug-likeness (QED) is 0.527. The van der Waals surface area contributed by atoms with Gasteiger partial charge >= 0.3 is 0 Å². The first-order chi connectivity index (χ1) is 14.8. The summed E-state index contributed by atoms with van der Waals surface area (Å²) < 4.78 is 11.9. The van der Waals surface area contributed by atoms with Gasteiger partial charge in [-0.25, -0.2) is 0 Å². The first-order valence-electron chi connectivity index (χ1n) is 12.0. The van der Waals surface area contributed by atoms with Gasteiger partial charge in [-0.3, -0.25) is 4.79 Å². The summed E-state index contributed by atoms with van der Waals surface area (Å²) in [5.41, 5.74) is 1.36. The second kappa shape index (κ2) is 8.19. The molecule has 0 bridgehead atoms. The summed E-state index contributed by atoms with van der Waals surface area (Å²) in [6, 6.07) is 0. The highest BCUT2D eigenvalue weighted by Crippen LogP contribution is 2.62. The highest BCUT2D eigenvalue weighted by atomic mass is 16.7. The van der Waals surface area contributed by atoms with E-state index in [0.29, 0.717) is 35.9 Å². The first kappa shape index (κ1) is 22.0. The Balaban J connectivity index is 1.31. The van der Waals surface area contributed by atoms with Crippen LogP contribution in [0.3, 0.4) is 0 Å². The van der Waals surface area contributed by atoms with Gasteiger partial charge < -0.3 is 29.9 Å². The van der Waals surface area contributed by atoms with Crippen LogP contribution in [0.1, 0.15) is 58.3 Å². The SMILES string of the molecule is C[C@]12CC[C@H]3[C@@H](CCC4=CC(=O)CC[C@@H]43)[C@@H]1CC[C@@H]2OC1O[C@H](CO)[C@@H](O)[C@H](O)[C@H]1O. The standard InChI is InChI=1S/C24H36O7/c1-24-9-8-15-14-5-3-13(26)10-12(14)2-4-16(15)17(24)6-7-19(24)31-23-22(29)21(28)20(27)18(11-25)30-23/h10,14-23,25,27-29H,2-9,11H2,1H3/t14-,15+,16+,17-,18+,19-,20+,21-,22+,23?,24-/m0/s1. The van der Waals surface area contributed by atoms with Crippen molar-refractivity contribution in [3.05, 3.63) is 11.6 Å². The number of carbonyl (C=O) groups is 1. The van der Waals surface area contributed by atoms with E-state index in [0.717, 1.165) is 44.9 Å². The zero-order valence-corrected chi connectivity index (χ0v) is 18.2. The number of hydrogen-bond donors (Lipinski definition) is 4. The normalized spacial score (nSPS) is 52.2. The summed E-state index contributed by atoms with van der Waals surface area (Å²) in [6.45, 7) is 1.85. The van der Waals surface area contributed by atoms with E-state index in [4.69, 9.17) is 9.47 Å². The molecule has 0 aromatic heterocycles. The number of allylic oxidation sites excluding steroid dienone is 1. The molecule has 1 heterocycles. The lowest BCUT2D eigenvalue weighted by molar-refractivity contribution is -0.319. The van der Waals surface area contributed by atoms with Crippen LogP contribution >= 0.6 is 0 Å². The van der Waals surface area contributed by atoms with Gasteiger partial charge in [0.15, 0.2) is 12.1 Å². The monoisotopic (exact) mass is 436 g/mol. The Morgan fingerprint density at radius 2 is 1.84 bits per heavy atom. The molecule has 11 atom stereocenters. The van der Waals surface area contributed by atoms with E-state index in [-0.39, 0.29) is 11.5 Å². The highest BCUT2D eigenvalue weighted by Gasteiger charge is 2.58. The fraction of sp³-hybridized carbons (Fsp3) is 0.875. The van der Waals surface area contributed by atoms with Crippen LogP contribution in [0.15, 0.2) is 11.6 Å². The number of fused-ring (bicyclic) bond motifs is 5. The summed E-state index contributed by atoms with van der Waals surface area (Å²) in [6.07, 6.45) is 3.68. The van der Waals surface area contributed by atoms with Gasteiger partial charge in [0.05, 0.1) is 12.7 Å². The molecule has 5 aliphatic rings. The van der Waals surface area contributed by atoms with Crippen molar-refractivity contribution in [1.29, 1.82) is 0 Å². The fourth-order valence-electron chi connectivity index (χ4n) is 7.70. The molecule has 174 valence electrons. The van der Waals surface area contributed by atoms with E-state index >= 15 is 0 Å². The van der Waals surface area contributed by atoms with Gasteiger partial charge in [-0.05, 0) is 80.1 Å². The zero-order chi connectivity index (χ0) is 21.9. The molecule has 7 heteroatoms. The van der Waals surface area contributed by atoms with E-state index in [1.54, 1.807) is 0 Å². The van der Waals surface area contributed by atoms with Crippen LogP contribution in [0.25, 0.3) is 0 Å². The Kier molecular flexibility index (Phi) is 5.81. The lowest BCUT2D eigenvalue weighted by Gasteiger charge is -2.54. The number of aliphatic hydroxyl groups is 4. The van der Waals surface area contributed by atoms with Crippen molar-refractivity contribution in [1.82, 2.24) is 0 Å². The van der Waals surface area contributed by atoms with Gasteiger partial charge in [0.25, 0.3) is 0 Å². The maximum atomic E-state index is 11.9. The van der Waals surface area contributed by atoms with Crippen LogP contribution in [0.2, 0.25) is 0 Å². The van der Waals surface area contributed by atoms with Crippen LogP contribution in [0.5, 0.6) is 0 Å². The van der Waals surface area contributed by atoms with Crippen LogP contribution in [0, 0.1) is 29.1 Å². The third-order valence-electron chi connectivity index (χ3n) is 9.36. The lowest BCUT2D eigenvalue weighted by atomic mass is 9.52. The molecule has 0 aromatic rings. The minimum absolute atomic E-state index is 0.0221. The average Bonchev–Trinajstić information content (AvgIpc) is 3.09. The average molecular weight is 437 g/mol. The van der Waals surface area contributed by atoms with Crippen molar-refractivity contribution in [2.24, 2.45) is 29.1 Å². The van der Waals surface area contributed by atoms with Gasteiger partial charge in [0, 0.05) is 6.42 Å².